The van der Waals surface area contributed by atoms with E-state index in [1.807, 2.05) is 11.6 Å². The number of rotatable bonds is 8. The van der Waals surface area contributed by atoms with Gasteiger partial charge in [0.25, 0.3) is 0 Å². The predicted molar refractivity (Wildman–Crippen MR) is 72.7 cm³/mol. The average molecular weight is 267 g/mol. The standard InChI is InChI=1S/C14H25N3O2/c1-4-19-14(11-5-6-11)12(18)7-13-15-9-16-17(13)8-10(2)3/h9-12,14,18H,4-8H2,1-3H3. The minimum absolute atomic E-state index is 0.0470. The molecule has 0 aromatic carbocycles. The molecule has 108 valence electrons. The maximum absolute atomic E-state index is 10.4. The molecule has 1 fully saturated rings. The first-order valence-corrected chi connectivity index (χ1v) is 7.28. The van der Waals surface area contributed by atoms with E-state index in [-0.39, 0.29) is 6.10 Å². The molecule has 0 radical (unpaired) electrons. The van der Waals surface area contributed by atoms with Crippen LogP contribution in [-0.2, 0) is 17.7 Å². The molecular weight excluding hydrogens is 242 g/mol. The minimum atomic E-state index is -0.484. The Kier molecular flexibility index (Phi) is 4.93. The van der Waals surface area contributed by atoms with Gasteiger partial charge < -0.3 is 9.84 Å². The van der Waals surface area contributed by atoms with Crippen molar-refractivity contribution in [2.75, 3.05) is 6.61 Å². The van der Waals surface area contributed by atoms with E-state index in [1.54, 1.807) is 6.33 Å². The summed E-state index contributed by atoms with van der Waals surface area (Å²) in [4.78, 5) is 4.27. The van der Waals surface area contributed by atoms with E-state index >= 15 is 0 Å². The Hall–Kier alpha value is -0.940. The van der Waals surface area contributed by atoms with Crippen LogP contribution in [0.1, 0.15) is 39.4 Å². The molecule has 2 rings (SSSR count). The molecule has 0 aliphatic heterocycles. The van der Waals surface area contributed by atoms with Gasteiger partial charge in [0.05, 0.1) is 12.2 Å². The van der Waals surface area contributed by atoms with E-state index in [9.17, 15) is 5.11 Å². The van der Waals surface area contributed by atoms with Crippen LogP contribution in [-0.4, -0.2) is 38.7 Å². The van der Waals surface area contributed by atoms with Crippen LogP contribution in [0.3, 0.4) is 0 Å². The molecule has 0 bridgehead atoms. The van der Waals surface area contributed by atoms with Gasteiger partial charge >= 0.3 is 0 Å². The largest absolute Gasteiger partial charge is 0.390 e. The summed E-state index contributed by atoms with van der Waals surface area (Å²) in [6.07, 6.45) is 3.89. The Morgan fingerprint density at radius 2 is 2.21 bits per heavy atom. The maximum Gasteiger partial charge on any atom is 0.138 e. The van der Waals surface area contributed by atoms with Crippen molar-refractivity contribution in [1.82, 2.24) is 14.8 Å². The topological polar surface area (TPSA) is 60.2 Å². The van der Waals surface area contributed by atoms with Crippen molar-refractivity contribution in [2.45, 2.75) is 58.8 Å². The van der Waals surface area contributed by atoms with Gasteiger partial charge in [0.1, 0.15) is 12.2 Å². The average Bonchev–Trinajstić information content (AvgIpc) is 3.10. The molecule has 2 atom stereocenters. The fourth-order valence-electron chi connectivity index (χ4n) is 2.43. The summed E-state index contributed by atoms with van der Waals surface area (Å²) >= 11 is 0. The summed E-state index contributed by atoms with van der Waals surface area (Å²) in [7, 11) is 0. The molecular formula is C14H25N3O2. The molecule has 1 aliphatic carbocycles. The van der Waals surface area contributed by atoms with Crippen molar-refractivity contribution < 1.29 is 9.84 Å². The zero-order chi connectivity index (χ0) is 13.8. The lowest BCUT2D eigenvalue weighted by atomic mass is 10.1. The lowest BCUT2D eigenvalue weighted by Crippen LogP contribution is -2.34. The molecule has 1 N–H and O–H groups in total. The van der Waals surface area contributed by atoms with Crippen LogP contribution in [0.15, 0.2) is 6.33 Å². The van der Waals surface area contributed by atoms with Crippen LogP contribution in [0, 0.1) is 11.8 Å². The highest BCUT2D eigenvalue weighted by Crippen LogP contribution is 2.36. The molecule has 0 saturated heterocycles. The van der Waals surface area contributed by atoms with Crippen molar-refractivity contribution in [3.8, 4) is 0 Å². The van der Waals surface area contributed by atoms with E-state index in [0.29, 0.717) is 24.9 Å². The van der Waals surface area contributed by atoms with Gasteiger partial charge in [0.15, 0.2) is 0 Å². The second-order valence-electron chi connectivity index (χ2n) is 5.78. The van der Waals surface area contributed by atoms with E-state index in [0.717, 1.165) is 12.4 Å². The van der Waals surface area contributed by atoms with Gasteiger partial charge in [0.2, 0.25) is 0 Å². The summed E-state index contributed by atoms with van der Waals surface area (Å²) in [5.41, 5.74) is 0. The Morgan fingerprint density at radius 3 is 2.79 bits per heavy atom. The highest BCUT2D eigenvalue weighted by Gasteiger charge is 2.37. The first-order valence-electron chi connectivity index (χ1n) is 7.28. The van der Waals surface area contributed by atoms with Crippen LogP contribution in [0.2, 0.25) is 0 Å². The second-order valence-corrected chi connectivity index (χ2v) is 5.78. The number of hydrogen-bond donors (Lipinski definition) is 1. The molecule has 1 aliphatic rings. The molecule has 2 unspecified atom stereocenters. The highest BCUT2D eigenvalue weighted by atomic mass is 16.5. The third kappa shape index (κ3) is 4.01. The zero-order valence-corrected chi connectivity index (χ0v) is 12.1. The lowest BCUT2D eigenvalue weighted by Gasteiger charge is -2.22. The third-order valence-electron chi connectivity index (χ3n) is 3.45. The van der Waals surface area contributed by atoms with Crippen LogP contribution in [0.25, 0.3) is 0 Å². The first-order chi connectivity index (χ1) is 9.11. The van der Waals surface area contributed by atoms with Gasteiger partial charge in [0, 0.05) is 19.6 Å². The third-order valence-corrected chi connectivity index (χ3v) is 3.45. The minimum Gasteiger partial charge on any atom is -0.390 e. The quantitative estimate of drug-likeness (QED) is 0.778. The fourth-order valence-corrected chi connectivity index (χ4v) is 2.43. The molecule has 0 spiro atoms. The summed E-state index contributed by atoms with van der Waals surface area (Å²) in [5, 5.41) is 14.6. The van der Waals surface area contributed by atoms with Gasteiger partial charge in [-0.25, -0.2) is 9.67 Å². The van der Waals surface area contributed by atoms with Crippen LogP contribution in [0.5, 0.6) is 0 Å². The molecule has 1 heterocycles. The molecule has 5 nitrogen and oxygen atoms in total. The summed E-state index contributed by atoms with van der Waals surface area (Å²) in [6, 6.07) is 0. The molecule has 1 saturated carbocycles. The van der Waals surface area contributed by atoms with Crippen molar-refractivity contribution in [2.24, 2.45) is 11.8 Å². The Bertz CT molecular complexity index is 388. The second kappa shape index (κ2) is 6.48. The van der Waals surface area contributed by atoms with Crippen molar-refractivity contribution >= 4 is 0 Å². The van der Waals surface area contributed by atoms with Crippen molar-refractivity contribution in [3.05, 3.63) is 12.2 Å². The lowest BCUT2D eigenvalue weighted by molar-refractivity contribution is -0.0450. The first kappa shape index (κ1) is 14.5. The number of aliphatic hydroxyl groups excluding tert-OH is 1. The highest BCUT2D eigenvalue weighted by molar-refractivity contribution is 4.94. The summed E-state index contributed by atoms with van der Waals surface area (Å²) in [6.45, 7) is 7.76. The van der Waals surface area contributed by atoms with Gasteiger partial charge in [-0.2, -0.15) is 5.10 Å². The Balaban J connectivity index is 1.97. The van der Waals surface area contributed by atoms with E-state index in [2.05, 4.69) is 23.9 Å². The van der Waals surface area contributed by atoms with Gasteiger partial charge in [-0.3, -0.25) is 0 Å². The smallest absolute Gasteiger partial charge is 0.138 e. The fraction of sp³-hybridized carbons (Fsp3) is 0.857. The van der Waals surface area contributed by atoms with Gasteiger partial charge in [-0.1, -0.05) is 13.8 Å². The normalized spacial score (nSPS) is 18.8. The molecule has 1 aromatic rings. The zero-order valence-electron chi connectivity index (χ0n) is 12.1. The number of hydrogen-bond acceptors (Lipinski definition) is 4. The number of nitrogens with zero attached hydrogens (tertiary/aromatic N) is 3. The molecule has 1 aromatic heterocycles. The van der Waals surface area contributed by atoms with Gasteiger partial charge in [-0.05, 0) is 31.6 Å². The summed E-state index contributed by atoms with van der Waals surface area (Å²) < 4.78 is 7.58. The van der Waals surface area contributed by atoms with Crippen LogP contribution in [0.4, 0.5) is 0 Å². The van der Waals surface area contributed by atoms with Gasteiger partial charge in [-0.15, -0.1) is 0 Å². The Labute approximate surface area is 115 Å². The summed E-state index contributed by atoms with van der Waals surface area (Å²) in [5.74, 6) is 1.90. The van der Waals surface area contributed by atoms with E-state index in [4.69, 9.17) is 4.74 Å². The molecule has 19 heavy (non-hydrogen) atoms. The number of ether oxygens (including phenoxy) is 1. The Morgan fingerprint density at radius 1 is 1.47 bits per heavy atom. The molecule has 0 amide bonds. The predicted octanol–water partition coefficient (Wildman–Crippen LogP) is 1.65. The van der Waals surface area contributed by atoms with E-state index < -0.39 is 6.10 Å². The van der Waals surface area contributed by atoms with Crippen molar-refractivity contribution in [1.29, 1.82) is 0 Å². The van der Waals surface area contributed by atoms with Crippen LogP contribution >= 0.6 is 0 Å². The van der Waals surface area contributed by atoms with Crippen molar-refractivity contribution in [3.63, 3.8) is 0 Å². The van der Waals surface area contributed by atoms with Crippen LogP contribution < -0.4 is 0 Å². The number of aromatic nitrogens is 3. The molecule has 5 heteroatoms. The SMILES string of the molecule is CCOC(C(O)Cc1ncnn1CC(C)C)C1CC1. The maximum atomic E-state index is 10.4. The monoisotopic (exact) mass is 267 g/mol. The number of aliphatic hydroxyl groups is 1. The van der Waals surface area contributed by atoms with E-state index in [1.165, 1.54) is 12.8 Å².